The molecule has 0 saturated heterocycles. The first-order valence-corrected chi connectivity index (χ1v) is 12.0. The number of anilines is 3. The number of rotatable bonds is 8. The van der Waals surface area contributed by atoms with Crippen LogP contribution >= 0.6 is 0 Å². The molecule has 0 saturated carbocycles. The second kappa shape index (κ2) is 10.7. The van der Waals surface area contributed by atoms with E-state index in [-0.39, 0.29) is 17.5 Å². The van der Waals surface area contributed by atoms with Gasteiger partial charge < -0.3 is 24.8 Å². The molecule has 0 aliphatic rings. The molecule has 198 valence electrons. The number of pyridine rings is 1. The Morgan fingerprint density at radius 3 is 2.33 bits per heavy atom. The molecule has 3 aromatic carbocycles. The summed E-state index contributed by atoms with van der Waals surface area (Å²) < 4.78 is 33.3. The molecule has 0 bridgehead atoms. The lowest BCUT2D eigenvalue weighted by Crippen LogP contribution is -2.13. The molecule has 0 unspecified atom stereocenters. The van der Waals surface area contributed by atoms with Crippen molar-refractivity contribution in [2.75, 3.05) is 24.9 Å². The minimum Gasteiger partial charge on any atom is -0.493 e. The lowest BCUT2D eigenvalue weighted by atomic mass is 10.1. The Hall–Kier alpha value is -5.12. The maximum Gasteiger partial charge on any atom is 0.261 e. The molecule has 0 spiro atoms. The van der Waals surface area contributed by atoms with E-state index in [1.807, 2.05) is 31.2 Å². The number of aryl methyl sites for hydroxylation is 2. The molecule has 10 heteroatoms. The predicted octanol–water partition coefficient (Wildman–Crippen LogP) is 6.22. The number of ether oxygens (including phenoxy) is 3. The normalized spacial score (nSPS) is 10.8. The molecule has 5 rings (SSSR count). The van der Waals surface area contributed by atoms with E-state index < -0.39 is 5.82 Å². The Labute approximate surface area is 224 Å². The molecule has 39 heavy (non-hydrogen) atoms. The summed E-state index contributed by atoms with van der Waals surface area (Å²) in [6.07, 6.45) is 3.17. The van der Waals surface area contributed by atoms with Crippen molar-refractivity contribution in [3.05, 3.63) is 90.0 Å². The molecular formula is C29H26FN5O4. The second-order valence-corrected chi connectivity index (χ2v) is 8.79. The summed E-state index contributed by atoms with van der Waals surface area (Å²) >= 11 is 0. The molecule has 2 aromatic heterocycles. The molecule has 1 amide bonds. The van der Waals surface area contributed by atoms with Crippen LogP contribution in [0, 0.1) is 12.7 Å². The van der Waals surface area contributed by atoms with E-state index in [1.54, 1.807) is 50.8 Å². The average molecular weight is 528 g/mol. The molecule has 2 N–H and O–H groups in total. The predicted molar refractivity (Wildman–Crippen MR) is 147 cm³/mol. The van der Waals surface area contributed by atoms with Crippen LogP contribution in [0.4, 0.5) is 21.6 Å². The highest BCUT2D eigenvalue weighted by Crippen LogP contribution is 2.37. The molecule has 5 aromatic rings. The summed E-state index contributed by atoms with van der Waals surface area (Å²) in [4.78, 5) is 17.3. The van der Waals surface area contributed by atoms with Gasteiger partial charge in [0.05, 0.1) is 19.7 Å². The third-order valence-electron chi connectivity index (χ3n) is 6.00. The van der Waals surface area contributed by atoms with Gasteiger partial charge in [-0.15, -0.1) is 0 Å². The number of aromatic nitrogens is 3. The number of benzene rings is 3. The monoisotopic (exact) mass is 527 g/mol. The van der Waals surface area contributed by atoms with Crippen LogP contribution in [-0.2, 0) is 7.05 Å². The lowest BCUT2D eigenvalue weighted by Gasteiger charge is -2.13. The highest BCUT2D eigenvalue weighted by Gasteiger charge is 2.18. The van der Waals surface area contributed by atoms with Gasteiger partial charge in [-0.1, -0.05) is 17.7 Å². The van der Waals surface area contributed by atoms with E-state index in [2.05, 4.69) is 20.7 Å². The number of amides is 1. The molecule has 2 heterocycles. The molecule has 0 radical (unpaired) electrons. The quantitative estimate of drug-likeness (QED) is 0.247. The van der Waals surface area contributed by atoms with Gasteiger partial charge in [-0.05, 0) is 43.3 Å². The third-order valence-corrected chi connectivity index (χ3v) is 6.00. The van der Waals surface area contributed by atoms with Gasteiger partial charge in [0.2, 0.25) is 0 Å². The van der Waals surface area contributed by atoms with Gasteiger partial charge in [0.1, 0.15) is 11.3 Å². The van der Waals surface area contributed by atoms with Gasteiger partial charge in [0.25, 0.3) is 5.91 Å². The van der Waals surface area contributed by atoms with E-state index in [1.165, 1.54) is 23.9 Å². The van der Waals surface area contributed by atoms with Crippen LogP contribution in [0.2, 0.25) is 0 Å². The van der Waals surface area contributed by atoms with Gasteiger partial charge in [-0.3, -0.25) is 14.5 Å². The summed E-state index contributed by atoms with van der Waals surface area (Å²) in [6, 6.07) is 17.0. The smallest absolute Gasteiger partial charge is 0.261 e. The molecule has 0 atom stereocenters. The Morgan fingerprint density at radius 1 is 0.897 bits per heavy atom. The standard InChI is InChI=1S/C29H26FN5O4/c1-17-5-7-18(8-6-17)33-29(36)21-16-35(2)34-28(21)32-19-9-10-25(22(30)13-19)39-24-11-12-31-23-15-27(38-4)26(37-3)14-20(23)24/h5-16H,1-4H3,(H,32,34)(H,33,36). The molecule has 0 fully saturated rings. The van der Waals surface area contributed by atoms with Crippen molar-refractivity contribution >= 4 is 34.0 Å². The van der Waals surface area contributed by atoms with Crippen LogP contribution in [0.3, 0.4) is 0 Å². The fraction of sp³-hybridized carbons (Fsp3) is 0.138. The summed E-state index contributed by atoms with van der Waals surface area (Å²) in [5.74, 6) is 0.787. The Bertz CT molecular complexity index is 1670. The van der Waals surface area contributed by atoms with Crippen molar-refractivity contribution in [2.24, 2.45) is 7.05 Å². The lowest BCUT2D eigenvalue weighted by molar-refractivity contribution is 0.102. The molecule has 9 nitrogen and oxygen atoms in total. The maximum atomic E-state index is 15.2. The highest BCUT2D eigenvalue weighted by atomic mass is 19.1. The number of fused-ring (bicyclic) bond motifs is 1. The number of halogens is 1. The first-order chi connectivity index (χ1) is 18.8. The zero-order chi connectivity index (χ0) is 27.5. The van der Waals surface area contributed by atoms with Crippen LogP contribution in [-0.4, -0.2) is 34.9 Å². The van der Waals surface area contributed by atoms with Gasteiger partial charge >= 0.3 is 0 Å². The summed E-state index contributed by atoms with van der Waals surface area (Å²) in [6.45, 7) is 1.97. The average Bonchev–Trinajstić information content (AvgIpc) is 3.30. The van der Waals surface area contributed by atoms with Gasteiger partial charge in [-0.2, -0.15) is 5.10 Å². The van der Waals surface area contributed by atoms with Crippen molar-refractivity contribution in [3.8, 4) is 23.0 Å². The molecular weight excluding hydrogens is 501 g/mol. The number of carbonyl (C=O) groups is 1. The summed E-state index contributed by atoms with van der Waals surface area (Å²) in [7, 11) is 4.78. The van der Waals surface area contributed by atoms with E-state index in [0.29, 0.717) is 45.1 Å². The van der Waals surface area contributed by atoms with Gasteiger partial charge in [-0.25, -0.2) is 4.39 Å². The SMILES string of the molecule is COc1cc2nccc(Oc3ccc(Nc4nn(C)cc4C(=O)Nc4ccc(C)cc4)cc3F)c2cc1OC. The van der Waals surface area contributed by atoms with Crippen LogP contribution in [0.25, 0.3) is 10.9 Å². The van der Waals surface area contributed by atoms with Gasteiger partial charge in [0.15, 0.2) is 28.9 Å². The van der Waals surface area contributed by atoms with Crippen LogP contribution < -0.4 is 24.8 Å². The van der Waals surface area contributed by atoms with Crippen LogP contribution in [0.1, 0.15) is 15.9 Å². The number of carbonyl (C=O) groups excluding carboxylic acids is 1. The molecule has 0 aliphatic carbocycles. The van der Waals surface area contributed by atoms with E-state index >= 15 is 4.39 Å². The Kier molecular flexibility index (Phi) is 7.00. The number of methoxy groups -OCH3 is 2. The topological polar surface area (TPSA) is 99.5 Å². The second-order valence-electron chi connectivity index (χ2n) is 8.79. The van der Waals surface area contributed by atoms with Crippen molar-refractivity contribution < 1.29 is 23.4 Å². The minimum atomic E-state index is -0.605. The fourth-order valence-electron chi connectivity index (χ4n) is 4.04. The Morgan fingerprint density at radius 2 is 1.62 bits per heavy atom. The minimum absolute atomic E-state index is 0.0150. The van der Waals surface area contributed by atoms with Gasteiger partial charge in [0, 0.05) is 48.3 Å². The van der Waals surface area contributed by atoms with E-state index in [0.717, 1.165) is 5.56 Å². The first-order valence-electron chi connectivity index (χ1n) is 12.0. The number of hydrogen-bond acceptors (Lipinski definition) is 7. The van der Waals surface area contributed by atoms with Crippen molar-refractivity contribution in [2.45, 2.75) is 6.92 Å². The van der Waals surface area contributed by atoms with Crippen LogP contribution in [0.5, 0.6) is 23.0 Å². The first kappa shape index (κ1) is 25.5. The fourth-order valence-corrected chi connectivity index (χ4v) is 4.04. The van der Waals surface area contributed by atoms with Crippen molar-refractivity contribution in [1.29, 1.82) is 0 Å². The number of nitrogens with zero attached hydrogens (tertiary/aromatic N) is 3. The third kappa shape index (κ3) is 5.45. The zero-order valence-electron chi connectivity index (χ0n) is 21.8. The van der Waals surface area contributed by atoms with E-state index in [4.69, 9.17) is 14.2 Å². The summed E-state index contributed by atoms with van der Waals surface area (Å²) in [5.41, 5.74) is 3.06. The summed E-state index contributed by atoms with van der Waals surface area (Å²) in [5, 5.41) is 10.8. The van der Waals surface area contributed by atoms with E-state index in [9.17, 15) is 4.79 Å². The largest absolute Gasteiger partial charge is 0.493 e. The number of hydrogen-bond donors (Lipinski definition) is 2. The zero-order valence-corrected chi connectivity index (χ0v) is 21.8. The Balaban J connectivity index is 1.37. The maximum absolute atomic E-state index is 15.2. The van der Waals surface area contributed by atoms with Crippen molar-refractivity contribution in [3.63, 3.8) is 0 Å². The van der Waals surface area contributed by atoms with Crippen molar-refractivity contribution in [1.82, 2.24) is 14.8 Å². The van der Waals surface area contributed by atoms with Crippen LogP contribution in [0.15, 0.2) is 73.1 Å². The highest BCUT2D eigenvalue weighted by molar-refractivity contribution is 6.07. The number of nitrogens with one attached hydrogen (secondary N) is 2. The molecule has 0 aliphatic heterocycles.